The van der Waals surface area contributed by atoms with Crippen molar-refractivity contribution in [2.24, 2.45) is 0 Å². The zero-order chi connectivity index (χ0) is 77.7. The van der Waals surface area contributed by atoms with Crippen molar-refractivity contribution >= 4 is 66.8 Å². The zero-order valence-electron chi connectivity index (χ0n) is 63.4. The van der Waals surface area contributed by atoms with Crippen LogP contribution in [0.5, 0.6) is 5.75 Å². The molecule has 21 nitrogen and oxygen atoms in total. The van der Waals surface area contributed by atoms with Crippen LogP contribution in [0.3, 0.4) is 0 Å². The summed E-state index contributed by atoms with van der Waals surface area (Å²) in [6, 6.07) is 58.3. The topological polar surface area (TPSA) is 248 Å². The van der Waals surface area contributed by atoms with Crippen LogP contribution in [0.25, 0.3) is 135 Å². The summed E-state index contributed by atoms with van der Waals surface area (Å²) < 4.78 is 78.5. The van der Waals surface area contributed by atoms with Gasteiger partial charge in [0, 0.05) is 104 Å². The van der Waals surface area contributed by atoms with E-state index >= 15 is 0 Å². The number of furan rings is 2. The van der Waals surface area contributed by atoms with Gasteiger partial charge in [-0.15, -0.1) is 30.6 Å². The lowest BCUT2D eigenvalue weighted by Gasteiger charge is -2.31. The highest BCUT2D eigenvalue weighted by Crippen LogP contribution is 2.40. The molecule has 9 aromatic carbocycles. The van der Waals surface area contributed by atoms with Crippen LogP contribution >= 0.6 is 0 Å². The fourth-order valence-electron chi connectivity index (χ4n) is 17.1. The fourth-order valence-corrected chi connectivity index (χ4v) is 17.1. The van der Waals surface area contributed by atoms with Crippen molar-refractivity contribution in [3.05, 3.63) is 275 Å². The summed E-state index contributed by atoms with van der Waals surface area (Å²) in [5, 5.41) is 54.8. The number of aromatic amines is 3. The van der Waals surface area contributed by atoms with E-state index in [2.05, 4.69) is 167 Å². The van der Waals surface area contributed by atoms with Gasteiger partial charge in [-0.3, -0.25) is 30.0 Å². The smallest absolute Gasteiger partial charge is 0.247 e. The standard InChI is InChI=1S/C31H28FN5O2.C31H25N5O3.C30H25F2N5O/c1-38-28-9-3-8-26(32)25(28)18-37-14-4-7-23(17-37)31-36-35-30(39-31)22-12-13-27-24(16-22)29(34-33-27)21-11-10-19-5-2-6-20(19)15-21;1-2-6-28-19(4-1)15-24(38-28)18-36-12-3-5-23(17-36)31-35-34-30(39-31)22-7-9-26-25(16-22)29(33-32-26)21-8-10-27-20(14-21)11-13-37-27;31-25-7-2-8-26(32)24(25)17-37-13-3-6-22(16-37)30-36-35-29(38-30)21-11-12-27-23(15-21)28(34-33-27)20-10-9-18-4-1-5-19(18)14-20/h2-3,6,8-13,15-16,23H,4-5,7,14,17-18H2,1H3,(H,33,34);1-2,4,6-11,13-16,23H,3,5,12,17-18H2,(H,32,33);1-2,5,7-12,14-15,22H,3-4,6,13,16-17H2,(H,33,34)/t2*23-;22-/m111/s1. The predicted molar refractivity (Wildman–Crippen MR) is 437 cm³/mol. The van der Waals surface area contributed by atoms with E-state index in [1.807, 2.05) is 78.9 Å². The van der Waals surface area contributed by atoms with Crippen molar-refractivity contribution in [2.45, 2.75) is 88.8 Å². The molecule has 8 aromatic heterocycles. The molecule has 0 bridgehead atoms. The third-order valence-corrected chi connectivity index (χ3v) is 23.1. The number of nitrogens with zero attached hydrogens (tertiary/aromatic N) is 12. The highest BCUT2D eigenvalue weighted by molar-refractivity contribution is 5.99. The molecule has 3 aliphatic heterocycles. The van der Waals surface area contributed by atoms with E-state index < -0.39 is 11.6 Å². The summed E-state index contributed by atoms with van der Waals surface area (Å²) in [5.41, 5.74) is 18.8. The van der Waals surface area contributed by atoms with E-state index in [4.69, 9.17) is 26.8 Å². The number of para-hydroxylation sites is 1. The Morgan fingerprint density at radius 2 is 0.862 bits per heavy atom. The molecule has 22 rings (SSSR count). The molecule has 3 fully saturated rings. The van der Waals surface area contributed by atoms with E-state index in [-0.39, 0.29) is 35.7 Å². The van der Waals surface area contributed by atoms with Gasteiger partial charge in [0.2, 0.25) is 35.3 Å². The maximum atomic E-state index is 14.5. The van der Waals surface area contributed by atoms with Crippen molar-refractivity contribution in [1.82, 2.24) is 75.9 Å². The lowest BCUT2D eigenvalue weighted by atomic mass is 9.97. The van der Waals surface area contributed by atoms with E-state index in [9.17, 15) is 13.2 Å². The average molecular weight is 1550 g/mol. The third kappa shape index (κ3) is 14.4. The molecule has 5 aliphatic rings. The maximum absolute atomic E-state index is 14.5. The second-order valence-corrected chi connectivity index (χ2v) is 30.6. The number of fused-ring (bicyclic) bond motifs is 7. The quantitative estimate of drug-likeness (QED) is 0.0813. The normalized spacial score (nSPS) is 17.0. The average Bonchev–Trinajstić information content (AvgIpc) is 1.63. The Bertz CT molecular complexity index is 6520. The van der Waals surface area contributed by atoms with Crippen molar-refractivity contribution in [3.8, 4) is 73.9 Å². The number of nitrogens with one attached hydrogen (secondary N) is 3. The lowest BCUT2D eigenvalue weighted by molar-refractivity contribution is 0.176. The largest absolute Gasteiger partial charge is 0.496 e. The van der Waals surface area contributed by atoms with Gasteiger partial charge in [-0.25, -0.2) is 13.2 Å². The van der Waals surface area contributed by atoms with Gasteiger partial charge in [-0.2, -0.15) is 15.3 Å². The molecule has 24 heteroatoms. The molecule has 0 spiro atoms. The predicted octanol–water partition coefficient (Wildman–Crippen LogP) is 20.0. The van der Waals surface area contributed by atoms with Crippen molar-refractivity contribution < 1.29 is 40.0 Å². The van der Waals surface area contributed by atoms with Gasteiger partial charge >= 0.3 is 0 Å². The van der Waals surface area contributed by atoms with Gasteiger partial charge in [0.25, 0.3) is 0 Å². The Labute approximate surface area is 662 Å². The number of rotatable bonds is 16. The molecule has 0 unspecified atom stereocenters. The Balaban J connectivity index is 0.000000112. The van der Waals surface area contributed by atoms with E-state index in [0.717, 1.165) is 202 Å². The summed E-state index contributed by atoms with van der Waals surface area (Å²) >= 11 is 0. The zero-order valence-corrected chi connectivity index (χ0v) is 63.4. The number of ether oxygens (including phenoxy) is 1. The minimum Gasteiger partial charge on any atom is -0.496 e. The molecular formula is C92H78F3N15O6. The first-order chi connectivity index (χ1) is 57.0. The van der Waals surface area contributed by atoms with Gasteiger partial charge in [0.1, 0.15) is 40.1 Å². The number of hydrogen-bond donors (Lipinski definition) is 3. The van der Waals surface area contributed by atoms with Gasteiger partial charge in [0.15, 0.2) is 0 Å². The first kappa shape index (κ1) is 71.8. The number of piperidine rings is 3. The second-order valence-electron chi connectivity index (χ2n) is 30.6. The molecular weight excluding hydrogens is 1470 g/mol. The van der Waals surface area contributed by atoms with Crippen LogP contribution in [0.2, 0.25) is 0 Å². The second kappa shape index (κ2) is 31.0. The molecule has 11 heterocycles. The molecule has 2 aliphatic carbocycles. The maximum Gasteiger partial charge on any atom is 0.247 e. The monoisotopic (exact) mass is 1550 g/mol. The Morgan fingerprint density at radius 1 is 0.414 bits per heavy atom. The lowest BCUT2D eigenvalue weighted by Crippen LogP contribution is -2.34. The summed E-state index contributed by atoms with van der Waals surface area (Å²) in [6.07, 6.45) is 18.1. The molecule has 3 saturated heterocycles. The number of likely N-dealkylation sites (tertiary alicyclic amines) is 3. The molecule has 116 heavy (non-hydrogen) atoms. The highest BCUT2D eigenvalue weighted by atomic mass is 19.1. The number of halogens is 3. The first-order valence-electron chi connectivity index (χ1n) is 39.5. The fraction of sp³-hybridized carbons (Fsp3) is 0.228. The third-order valence-electron chi connectivity index (χ3n) is 23.1. The van der Waals surface area contributed by atoms with E-state index in [0.29, 0.717) is 59.7 Å². The van der Waals surface area contributed by atoms with Crippen molar-refractivity contribution in [2.75, 3.05) is 46.4 Å². The van der Waals surface area contributed by atoms with Crippen LogP contribution in [0, 0.1) is 17.5 Å². The summed E-state index contributed by atoms with van der Waals surface area (Å²) in [7, 11) is 1.57. The number of hydrogen-bond acceptors (Lipinski definition) is 18. The van der Waals surface area contributed by atoms with E-state index in [1.54, 1.807) is 25.5 Å². The van der Waals surface area contributed by atoms with Crippen molar-refractivity contribution in [3.63, 3.8) is 0 Å². The van der Waals surface area contributed by atoms with Crippen LogP contribution in [-0.2, 0) is 32.5 Å². The first-order valence-corrected chi connectivity index (χ1v) is 39.5. The number of methoxy groups -OCH3 is 1. The van der Waals surface area contributed by atoms with Crippen molar-refractivity contribution in [1.29, 1.82) is 0 Å². The van der Waals surface area contributed by atoms with Gasteiger partial charge in [-0.05, 0) is 221 Å². The molecule has 0 radical (unpaired) electrons. The van der Waals surface area contributed by atoms with Crippen LogP contribution < -0.4 is 4.74 Å². The SMILES string of the molecule is COc1cccc(F)c1CN1CCC[C@@H](c2nnc(-c3ccc4[nH]nc(-c5ccc6c(c5)C=CC6)c4c3)o2)C1.Fc1cccc(F)c1CN1CCC[C@@H](c2nnc(-c3ccc4[nH]nc(-c5ccc6c(c5)C=CC6)c4c3)o2)C1.c1ccc2oc(CN3CCC[C@@H](c4nnc(-c5ccc6[nH]nc(-c7ccc8occc8c7)c6c5)o4)C3)cc2c1. The number of benzene rings is 9. The van der Waals surface area contributed by atoms with Gasteiger partial charge in [0.05, 0.1) is 71.3 Å². The minimum absolute atomic E-state index is 0.00696. The van der Waals surface area contributed by atoms with Crippen LogP contribution in [0.15, 0.2) is 222 Å². The summed E-state index contributed by atoms with van der Waals surface area (Å²) in [4.78, 5) is 6.69. The molecule has 0 amide bonds. The van der Waals surface area contributed by atoms with Crippen LogP contribution in [-0.4, -0.2) is 122 Å². The molecule has 17 aromatic rings. The number of aromatic nitrogens is 12. The molecule has 3 atom stereocenters. The summed E-state index contributed by atoms with van der Waals surface area (Å²) in [6.45, 7) is 6.33. The summed E-state index contributed by atoms with van der Waals surface area (Å²) in [5.74, 6) is 3.89. The molecule has 578 valence electrons. The van der Waals surface area contributed by atoms with Gasteiger partial charge < -0.3 is 26.8 Å². The van der Waals surface area contributed by atoms with Crippen LogP contribution in [0.4, 0.5) is 13.2 Å². The van der Waals surface area contributed by atoms with E-state index in [1.165, 1.54) is 46.5 Å². The Morgan fingerprint density at radius 3 is 1.37 bits per heavy atom. The number of allylic oxidation sites excluding steroid dienone is 2. The molecule has 0 saturated carbocycles. The Hall–Kier alpha value is -13.2. The van der Waals surface area contributed by atoms with Gasteiger partial charge in [-0.1, -0.05) is 78.9 Å². The van der Waals surface area contributed by atoms with Crippen LogP contribution in [0.1, 0.15) is 113 Å². The highest BCUT2D eigenvalue weighted by Gasteiger charge is 2.32. The Kier molecular flexibility index (Phi) is 19.2. The molecule has 3 N–H and O–H groups in total. The minimum atomic E-state index is -0.516. The number of H-pyrrole nitrogens is 3.